The monoisotopic (exact) mass is 308 g/mol. The first-order chi connectivity index (χ1) is 9.45. The van der Waals surface area contributed by atoms with Crippen LogP contribution in [0.5, 0.6) is 0 Å². The van der Waals surface area contributed by atoms with Gasteiger partial charge in [0.2, 0.25) is 0 Å². The summed E-state index contributed by atoms with van der Waals surface area (Å²) in [7, 11) is 0. The molecule has 0 amide bonds. The van der Waals surface area contributed by atoms with E-state index in [9.17, 15) is 0 Å². The van der Waals surface area contributed by atoms with E-state index in [-0.39, 0.29) is 17.8 Å². The number of hydrogen-bond acceptors (Lipinski definition) is 2. The molecular weight excluding hydrogens is 280 g/mol. The lowest BCUT2D eigenvalue weighted by atomic mass is 9.86. The van der Waals surface area contributed by atoms with Gasteiger partial charge in [-0.3, -0.25) is 4.90 Å². The SMILES string of the molecule is CC(c1ccc(C(C)(C)C)cc1)N1C[C@H]2CNC[C@H]2C1.Cl. The molecule has 3 atom stereocenters. The van der Waals surface area contributed by atoms with E-state index in [0.29, 0.717) is 6.04 Å². The van der Waals surface area contributed by atoms with E-state index >= 15 is 0 Å². The highest BCUT2D eigenvalue weighted by molar-refractivity contribution is 5.85. The van der Waals surface area contributed by atoms with Crippen LogP contribution in [0.1, 0.15) is 44.9 Å². The number of halogens is 1. The van der Waals surface area contributed by atoms with Gasteiger partial charge in [0.25, 0.3) is 0 Å². The largest absolute Gasteiger partial charge is 0.316 e. The molecule has 0 bridgehead atoms. The topological polar surface area (TPSA) is 15.3 Å². The molecule has 2 heterocycles. The number of nitrogens with one attached hydrogen (secondary N) is 1. The predicted molar refractivity (Wildman–Crippen MR) is 92.2 cm³/mol. The summed E-state index contributed by atoms with van der Waals surface area (Å²) in [6.45, 7) is 14.2. The van der Waals surface area contributed by atoms with Crippen LogP contribution in [0.4, 0.5) is 0 Å². The molecule has 118 valence electrons. The quantitative estimate of drug-likeness (QED) is 0.898. The van der Waals surface area contributed by atoms with Crippen LogP contribution < -0.4 is 5.32 Å². The Morgan fingerprint density at radius 3 is 2.05 bits per heavy atom. The van der Waals surface area contributed by atoms with E-state index in [0.717, 1.165) is 11.8 Å². The standard InChI is InChI=1S/C18H28N2.ClH/c1-13(20-11-15-9-19-10-16(15)12-20)14-5-7-17(8-6-14)18(2,3)4;/h5-8,13,15-16,19H,9-12H2,1-4H3;1H/t13?,15-,16+;. The van der Waals surface area contributed by atoms with Gasteiger partial charge in [0.1, 0.15) is 0 Å². The van der Waals surface area contributed by atoms with Crippen molar-refractivity contribution in [2.24, 2.45) is 11.8 Å². The molecule has 2 fully saturated rings. The normalized spacial score (nSPS) is 27.2. The Bertz CT molecular complexity index is 451. The number of nitrogens with zero attached hydrogens (tertiary/aromatic N) is 1. The molecule has 0 saturated carbocycles. The molecule has 1 aromatic rings. The molecule has 2 saturated heterocycles. The van der Waals surface area contributed by atoms with Gasteiger partial charge in [0, 0.05) is 19.1 Å². The van der Waals surface area contributed by atoms with Crippen LogP contribution in [0, 0.1) is 11.8 Å². The predicted octanol–water partition coefficient (Wildman–Crippen LogP) is 3.62. The second kappa shape index (κ2) is 6.28. The number of rotatable bonds is 2. The van der Waals surface area contributed by atoms with Gasteiger partial charge in [0.05, 0.1) is 0 Å². The molecule has 1 aromatic carbocycles. The van der Waals surface area contributed by atoms with Gasteiger partial charge in [-0.25, -0.2) is 0 Å². The molecule has 1 unspecified atom stereocenters. The third-order valence-corrected chi connectivity index (χ3v) is 5.22. The van der Waals surface area contributed by atoms with Gasteiger partial charge in [0.15, 0.2) is 0 Å². The van der Waals surface area contributed by atoms with Crippen LogP contribution in [0.3, 0.4) is 0 Å². The van der Waals surface area contributed by atoms with E-state index in [1.54, 1.807) is 0 Å². The minimum Gasteiger partial charge on any atom is -0.316 e. The van der Waals surface area contributed by atoms with E-state index in [1.165, 1.54) is 37.3 Å². The summed E-state index contributed by atoms with van der Waals surface area (Å²) in [5.74, 6) is 1.76. The van der Waals surface area contributed by atoms with Gasteiger partial charge in [-0.2, -0.15) is 0 Å². The van der Waals surface area contributed by atoms with E-state index in [2.05, 4.69) is 62.2 Å². The third-order valence-electron chi connectivity index (χ3n) is 5.22. The summed E-state index contributed by atoms with van der Waals surface area (Å²) in [4.78, 5) is 2.67. The van der Waals surface area contributed by atoms with E-state index < -0.39 is 0 Å². The number of likely N-dealkylation sites (tertiary alicyclic amines) is 1. The Kier molecular flexibility index (Phi) is 5.02. The molecule has 0 spiro atoms. The van der Waals surface area contributed by atoms with Crippen molar-refractivity contribution in [3.05, 3.63) is 35.4 Å². The minimum absolute atomic E-state index is 0. The van der Waals surface area contributed by atoms with Crippen molar-refractivity contribution in [3.8, 4) is 0 Å². The van der Waals surface area contributed by atoms with Crippen LogP contribution in [0.25, 0.3) is 0 Å². The lowest BCUT2D eigenvalue weighted by molar-refractivity contribution is 0.244. The van der Waals surface area contributed by atoms with E-state index in [1.807, 2.05) is 0 Å². The summed E-state index contributed by atoms with van der Waals surface area (Å²) in [6, 6.07) is 9.83. The lowest BCUT2D eigenvalue weighted by Gasteiger charge is -2.26. The Balaban J connectivity index is 0.00000161. The third kappa shape index (κ3) is 3.44. The maximum atomic E-state index is 3.52. The highest BCUT2D eigenvalue weighted by Gasteiger charge is 2.37. The molecular formula is C18H29ClN2. The fourth-order valence-corrected chi connectivity index (χ4v) is 3.68. The average molecular weight is 309 g/mol. The van der Waals surface area contributed by atoms with Crippen LogP contribution >= 0.6 is 12.4 Å². The van der Waals surface area contributed by atoms with Crippen LogP contribution in [-0.2, 0) is 5.41 Å². The fourth-order valence-electron chi connectivity index (χ4n) is 3.68. The number of fused-ring (bicyclic) bond motifs is 1. The molecule has 2 nitrogen and oxygen atoms in total. The molecule has 0 aliphatic carbocycles. The van der Waals surface area contributed by atoms with Gasteiger partial charge < -0.3 is 5.32 Å². The van der Waals surface area contributed by atoms with Gasteiger partial charge >= 0.3 is 0 Å². The van der Waals surface area contributed by atoms with Crippen molar-refractivity contribution in [3.63, 3.8) is 0 Å². The van der Waals surface area contributed by atoms with Crippen LogP contribution in [0.15, 0.2) is 24.3 Å². The van der Waals surface area contributed by atoms with Crippen molar-refractivity contribution >= 4 is 12.4 Å². The van der Waals surface area contributed by atoms with Crippen molar-refractivity contribution in [2.75, 3.05) is 26.2 Å². The van der Waals surface area contributed by atoms with Crippen molar-refractivity contribution in [1.82, 2.24) is 10.2 Å². The molecule has 0 radical (unpaired) electrons. The molecule has 3 heteroatoms. The van der Waals surface area contributed by atoms with E-state index in [4.69, 9.17) is 0 Å². The Labute approximate surface area is 135 Å². The molecule has 0 aromatic heterocycles. The first-order valence-electron chi connectivity index (χ1n) is 8.00. The summed E-state index contributed by atoms with van der Waals surface area (Å²) in [5.41, 5.74) is 3.14. The number of benzene rings is 1. The summed E-state index contributed by atoms with van der Waals surface area (Å²) in [5, 5.41) is 3.52. The Morgan fingerprint density at radius 1 is 1.05 bits per heavy atom. The van der Waals surface area contributed by atoms with Crippen LogP contribution in [-0.4, -0.2) is 31.1 Å². The first kappa shape index (κ1) is 16.8. The van der Waals surface area contributed by atoms with Crippen molar-refractivity contribution in [1.29, 1.82) is 0 Å². The molecule has 21 heavy (non-hydrogen) atoms. The smallest absolute Gasteiger partial charge is 0.0320 e. The zero-order valence-electron chi connectivity index (χ0n) is 13.7. The molecule has 2 aliphatic rings. The summed E-state index contributed by atoms with van der Waals surface area (Å²) < 4.78 is 0. The maximum absolute atomic E-state index is 3.52. The molecule has 3 rings (SSSR count). The summed E-state index contributed by atoms with van der Waals surface area (Å²) in [6.07, 6.45) is 0. The van der Waals surface area contributed by atoms with Gasteiger partial charge in [-0.05, 0) is 48.4 Å². The maximum Gasteiger partial charge on any atom is 0.0320 e. The van der Waals surface area contributed by atoms with Crippen LogP contribution in [0.2, 0.25) is 0 Å². The molecule has 1 N–H and O–H groups in total. The highest BCUT2D eigenvalue weighted by Crippen LogP contribution is 2.33. The van der Waals surface area contributed by atoms with Crippen molar-refractivity contribution in [2.45, 2.75) is 39.2 Å². The minimum atomic E-state index is 0. The highest BCUT2D eigenvalue weighted by atomic mass is 35.5. The summed E-state index contributed by atoms with van der Waals surface area (Å²) >= 11 is 0. The lowest BCUT2D eigenvalue weighted by Crippen LogP contribution is -2.28. The number of hydrogen-bond donors (Lipinski definition) is 1. The Hall–Kier alpha value is -0.570. The van der Waals surface area contributed by atoms with Gasteiger partial charge in [-0.15, -0.1) is 12.4 Å². The average Bonchev–Trinajstić information content (AvgIpc) is 2.97. The first-order valence-corrected chi connectivity index (χ1v) is 8.00. The van der Waals surface area contributed by atoms with Gasteiger partial charge in [-0.1, -0.05) is 45.0 Å². The zero-order chi connectivity index (χ0) is 14.3. The second-order valence-electron chi connectivity index (χ2n) is 7.68. The Morgan fingerprint density at radius 2 is 1.57 bits per heavy atom. The molecule has 2 aliphatic heterocycles. The zero-order valence-corrected chi connectivity index (χ0v) is 14.5. The fraction of sp³-hybridized carbons (Fsp3) is 0.667. The van der Waals surface area contributed by atoms with Crippen molar-refractivity contribution < 1.29 is 0 Å². The second-order valence-corrected chi connectivity index (χ2v) is 7.68.